The summed E-state index contributed by atoms with van der Waals surface area (Å²) in [5.41, 5.74) is 0. The molecule has 6 heteroatoms. The van der Waals surface area contributed by atoms with Crippen LogP contribution in [-0.2, 0) is 6.42 Å². The molecule has 2 rings (SSSR count). The highest BCUT2D eigenvalue weighted by atomic mass is 32.2. The van der Waals surface area contributed by atoms with Gasteiger partial charge in [-0.3, -0.25) is 0 Å². The standard InChI is InChI=1S/C12H21N3OS2/c1-8(2)15-11(13-7-14-15)6-10(16)12-9(3)17-4-5-18-12/h7-10,12,16H,4-6H2,1-3H3. The zero-order valence-corrected chi connectivity index (χ0v) is 12.7. The highest BCUT2D eigenvalue weighted by Gasteiger charge is 2.30. The Morgan fingerprint density at radius 2 is 2.17 bits per heavy atom. The molecule has 1 aromatic heterocycles. The first-order chi connectivity index (χ1) is 8.59. The molecular weight excluding hydrogens is 266 g/mol. The maximum atomic E-state index is 10.4. The smallest absolute Gasteiger partial charge is 0.138 e. The molecule has 3 unspecified atom stereocenters. The summed E-state index contributed by atoms with van der Waals surface area (Å²) in [7, 11) is 0. The summed E-state index contributed by atoms with van der Waals surface area (Å²) in [6.07, 6.45) is 1.84. The fourth-order valence-corrected chi connectivity index (χ4v) is 5.07. The monoisotopic (exact) mass is 287 g/mol. The summed E-state index contributed by atoms with van der Waals surface area (Å²) in [5, 5.41) is 15.4. The Morgan fingerprint density at radius 3 is 2.83 bits per heavy atom. The predicted octanol–water partition coefficient (Wildman–Crippen LogP) is 2.00. The molecule has 3 atom stereocenters. The van der Waals surface area contributed by atoms with E-state index in [1.807, 2.05) is 28.2 Å². The minimum Gasteiger partial charge on any atom is -0.391 e. The summed E-state index contributed by atoms with van der Waals surface area (Å²) in [6.45, 7) is 6.37. The molecule has 1 fully saturated rings. The van der Waals surface area contributed by atoms with Crippen LogP contribution in [0, 0.1) is 0 Å². The summed E-state index contributed by atoms with van der Waals surface area (Å²) < 4.78 is 1.90. The molecule has 1 aromatic rings. The summed E-state index contributed by atoms with van der Waals surface area (Å²) >= 11 is 3.84. The van der Waals surface area contributed by atoms with Gasteiger partial charge >= 0.3 is 0 Å². The molecule has 1 aliphatic heterocycles. The number of rotatable bonds is 4. The van der Waals surface area contributed by atoms with Gasteiger partial charge in [0.2, 0.25) is 0 Å². The second kappa shape index (κ2) is 6.30. The number of aliphatic hydroxyl groups is 1. The molecule has 1 saturated heterocycles. The van der Waals surface area contributed by atoms with E-state index in [0.29, 0.717) is 23.0 Å². The van der Waals surface area contributed by atoms with Gasteiger partial charge in [-0.25, -0.2) is 9.67 Å². The van der Waals surface area contributed by atoms with Gasteiger partial charge in [0.05, 0.1) is 6.10 Å². The van der Waals surface area contributed by atoms with E-state index in [0.717, 1.165) is 11.6 Å². The lowest BCUT2D eigenvalue weighted by Gasteiger charge is -2.31. The van der Waals surface area contributed by atoms with Gasteiger partial charge in [0, 0.05) is 34.5 Å². The number of aliphatic hydroxyl groups excluding tert-OH is 1. The third kappa shape index (κ3) is 3.22. The second-order valence-corrected chi connectivity index (χ2v) is 7.67. The van der Waals surface area contributed by atoms with E-state index in [4.69, 9.17) is 0 Å². The van der Waals surface area contributed by atoms with Crippen LogP contribution in [0.2, 0.25) is 0 Å². The Hall–Kier alpha value is -0.200. The van der Waals surface area contributed by atoms with E-state index in [9.17, 15) is 5.11 Å². The zero-order chi connectivity index (χ0) is 13.1. The molecule has 0 aromatic carbocycles. The van der Waals surface area contributed by atoms with Gasteiger partial charge in [0.25, 0.3) is 0 Å². The van der Waals surface area contributed by atoms with Crippen LogP contribution in [-0.4, -0.2) is 48.0 Å². The third-order valence-corrected chi connectivity index (χ3v) is 6.38. The van der Waals surface area contributed by atoms with Crippen LogP contribution in [0.25, 0.3) is 0 Å². The molecule has 0 bridgehead atoms. The predicted molar refractivity (Wildman–Crippen MR) is 78.3 cm³/mol. The van der Waals surface area contributed by atoms with Crippen molar-refractivity contribution in [2.75, 3.05) is 11.5 Å². The first-order valence-corrected chi connectivity index (χ1v) is 8.49. The van der Waals surface area contributed by atoms with Gasteiger partial charge in [-0.15, -0.1) is 0 Å². The van der Waals surface area contributed by atoms with Crippen molar-refractivity contribution in [2.45, 2.75) is 49.8 Å². The van der Waals surface area contributed by atoms with E-state index in [2.05, 4.69) is 30.9 Å². The van der Waals surface area contributed by atoms with Crippen molar-refractivity contribution in [3.05, 3.63) is 12.2 Å². The average molecular weight is 287 g/mol. The van der Waals surface area contributed by atoms with Crippen LogP contribution in [0.3, 0.4) is 0 Å². The Labute approximate surface area is 117 Å². The van der Waals surface area contributed by atoms with Gasteiger partial charge in [0.15, 0.2) is 0 Å². The largest absolute Gasteiger partial charge is 0.391 e. The molecular formula is C12H21N3OS2. The van der Waals surface area contributed by atoms with Crippen LogP contribution in [0.1, 0.15) is 32.6 Å². The Morgan fingerprint density at radius 1 is 1.44 bits per heavy atom. The number of thioether (sulfide) groups is 2. The highest BCUT2D eigenvalue weighted by Crippen LogP contribution is 2.33. The highest BCUT2D eigenvalue weighted by molar-refractivity contribution is 8.07. The van der Waals surface area contributed by atoms with E-state index < -0.39 is 0 Å². The van der Waals surface area contributed by atoms with E-state index in [1.54, 1.807) is 6.33 Å². The van der Waals surface area contributed by atoms with Crippen molar-refractivity contribution < 1.29 is 5.11 Å². The molecule has 0 amide bonds. The topological polar surface area (TPSA) is 50.9 Å². The number of nitrogens with zero attached hydrogens (tertiary/aromatic N) is 3. The zero-order valence-electron chi connectivity index (χ0n) is 11.1. The summed E-state index contributed by atoms with van der Waals surface area (Å²) in [6, 6.07) is 0.292. The van der Waals surface area contributed by atoms with Crippen molar-refractivity contribution >= 4 is 23.5 Å². The molecule has 18 heavy (non-hydrogen) atoms. The fraction of sp³-hybridized carbons (Fsp3) is 0.833. The Bertz CT molecular complexity index is 383. The Kier molecular flexibility index (Phi) is 4.98. The first kappa shape index (κ1) is 14.2. The lowest BCUT2D eigenvalue weighted by atomic mass is 10.1. The van der Waals surface area contributed by atoms with Crippen molar-refractivity contribution in [3.8, 4) is 0 Å². The van der Waals surface area contributed by atoms with Crippen LogP contribution < -0.4 is 0 Å². The number of hydrogen-bond acceptors (Lipinski definition) is 5. The van der Waals surface area contributed by atoms with Crippen LogP contribution in [0.4, 0.5) is 0 Å². The quantitative estimate of drug-likeness (QED) is 0.918. The lowest BCUT2D eigenvalue weighted by Crippen LogP contribution is -2.36. The normalized spacial score (nSPS) is 26.5. The number of aromatic nitrogens is 3. The van der Waals surface area contributed by atoms with Crippen molar-refractivity contribution in [1.82, 2.24) is 14.8 Å². The third-order valence-electron chi connectivity index (χ3n) is 3.14. The van der Waals surface area contributed by atoms with E-state index >= 15 is 0 Å². The molecule has 0 spiro atoms. The van der Waals surface area contributed by atoms with Crippen LogP contribution in [0.15, 0.2) is 6.33 Å². The first-order valence-electron chi connectivity index (χ1n) is 6.39. The molecule has 2 heterocycles. The fourth-order valence-electron chi connectivity index (χ4n) is 2.23. The van der Waals surface area contributed by atoms with E-state index in [1.165, 1.54) is 5.75 Å². The SMILES string of the molecule is CC1SCCSC1C(O)Cc1ncnn1C(C)C. The maximum absolute atomic E-state index is 10.4. The van der Waals surface area contributed by atoms with Gasteiger partial charge in [0.1, 0.15) is 12.2 Å². The lowest BCUT2D eigenvalue weighted by molar-refractivity contribution is 0.166. The molecule has 0 radical (unpaired) electrons. The molecule has 0 saturated carbocycles. The molecule has 102 valence electrons. The van der Waals surface area contributed by atoms with Crippen molar-refractivity contribution in [2.24, 2.45) is 0 Å². The number of hydrogen-bond donors (Lipinski definition) is 1. The van der Waals surface area contributed by atoms with Crippen molar-refractivity contribution in [1.29, 1.82) is 0 Å². The molecule has 4 nitrogen and oxygen atoms in total. The van der Waals surface area contributed by atoms with E-state index in [-0.39, 0.29) is 6.10 Å². The minimum absolute atomic E-state index is 0.292. The maximum Gasteiger partial charge on any atom is 0.138 e. The average Bonchev–Trinajstić information content (AvgIpc) is 2.77. The molecule has 1 aliphatic rings. The van der Waals surface area contributed by atoms with Gasteiger partial charge in [-0.2, -0.15) is 28.6 Å². The Balaban J connectivity index is 2.01. The molecule has 0 aliphatic carbocycles. The van der Waals surface area contributed by atoms with Crippen molar-refractivity contribution in [3.63, 3.8) is 0 Å². The van der Waals surface area contributed by atoms with Crippen LogP contribution in [0.5, 0.6) is 0 Å². The van der Waals surface area contributed by atoms with Gasteiger partial charge in [-0.05, 0) is 13.8 Å². The molecule has 1 N–H and O–H groups in total. The second-order valence-electron chi connectivity index (χ2n) is 4.90. The van der Waals surface area contributed by atoms with Gasteiger partial charge < -0.3 is 5.11 Å². The van der Waals surface area contributed by atoms with Gasteiger partial charge in [-0.1, -0.05) is 6.92 Å². The van der Waals surface area contributed by atoms with Crippen LogP contribution >= 0.6 is 23.5 Å². The minimum atomic E-state index is -0.334. The summed E-state index contributed by atoms with van der Waals surface area (Å²) in [5.74, 6) is 3.21. The summed E-state index contributed by atoms with van der Waals surface area (Å²) in [4.78, 5) is 4.27.